The van der Waals surface area contributed by atoms with Crippen molar-refractivity contribution in [3.8, 4) is 0 Å². The number of halogens is 2. The van der Waals surface area contributed by atoms with Gasteiger partial charge in [0.1, 0.15) is 0 Å². The van der Waals surface area contributed by atoms with Crippen LogP contribution in [0, 0.1) is 0 Å². The molecule has 3 heterocycles. The van der Waals surface area contributed by atoms with Crippen molar-refractivity contribution in [1.29, 1.82) is 0 Å². The second-order valence-electron chi connectivity index (χ2n) is 12.8. The molecule has 3 fully saturated rings. The smallest absolute Gasteiger partial charge is 1.00 e. The van der Waals surface area contributed by atoms with Gasteiger partial charge in [-0.05, 0) is 0 Å². The van der Waals surface area contributed by atoms with E-state index in [1.54, 1.807) is 68.0 Å². The van der Waals surface area contributed by atoms with Crippen LogP contribution in [0.4, 0.5) is 0 Å². The van der Waals surface area contributed by atoms with E-state index in [-0.39, 0.29) is 24.8 Å². The fourth-order valence-electron chi connectivity index (χ4n) is 9.29. The van der Waals surface area contributed by atoms with Crippen LogP contribution < -0.4 is 24.8 Å². The molecule has 196 valence electrons. The van der Waals surface area contributed by atoms with Gasteiger partial charge in [-0.25, -0.2) is 0 Å². The Morgan fingerprint density at radius 2 is 1.05 bits per heavy atom. The summed E-state index contributed by atoms with van der Waals surface area (Å²) in [7, 11) is -2.48. The molecule has 2 aliphatic carbocycles. The quantitative estimate of drug-likeness (QED) is 0.404. The van der Waals surface area contributed by atoms with Gasteiger partial charge in [-0.1, -0.05) is 0 Å². The maximum Gasteiger partial charge on any atom is -1.00 e. The van der Waals surface area contributed by atoms with E-state index in [4.69, 9.17) is 0 Å². The fraction of sp³-hybridized carbons (Fsp3) is 0.500. The molecule has 2 aromatic carbocycles. The van der Waals surface area contributed by atoms with Gasteiger partial charge in [0.2, 0.25) is 0 Å². The molecule has 5 aliphatic rings. The Balaban J connectivity index is 0.00000140. The van der Waals surface area contributed by atoms with Gasteiger partial charge in [-0.2, -0.15) is 0 Å². The first kappa shape index (κ1) is 28.2. The summed E-state index contributed by atoms with van der Waals surface area (Å²) < 4.78 is 7.38. The molecule has 37 heavy (non-hydrogen) atoms. The topological polar surface area (TPSA) is 0 Å². The van der Waals surface area contributed by atoms with Crippen LogP contribution in [-0.4, -0.2) is 16.1 Å². The van der Waals surface area contributed by atoms with Crippen molar-refractivity contribution in [3.05, 3.63) is 78.5 Å². The predicted molar refractivity (Wildman–Crippen MR) is 154 cm³/mol. The van der Waals surface area contributed by atoms with Crippen LogP contribution in [0.1, 0.15) is 72.9 Å². The average molecular weight is 602 g/mol. The molecule has 0 N–H and O–H groups in total. The molecule has 0 saturated carbocycles. The van der Waals surface area contributed by atoms with Gasteiger partial charge in [-0.15, -0.1) is 0 Å². The van der Waals surface area contributed by atoms with Crippen LogP contribution in [0.2, 0.25) is 45.7 Å². The molecule has 3 aliphatic heterocycles. The standard InChI is InChI=1S/2C15H19Si.C2H4.2ClH.Ti/c2*1-2-10-16(11-5-12-16)15-9-8-13-6-3-4-7-14(13)15;1-2;;;/h2*3-4,6-8,15H,2,5,10-12H2,1H3;1-2H2;2*1H;/q;;;;;+2/p-2. The minimum atomic E-state index is -2.24. The number of allylic oxidation sites excluding steroid dienone is 2. The van der Waals surface area contributed by atoms with E-state index >= 15 is 0 Å². The summed E-state index contributed by atoms with van der Waals surface area (Å²) in [5.41, 5.74) is 8.55. The van der Waals surface area contributed by atoms with E-state index in [1.807, 2.05) is 0 Å². The molecule has 0 radical (unpaired) electrons. The minimum absolute atomic E-state index is 0. The molecular formula is C32H42Cl2Si2Ti. The van der Waals surface area contributed by atoms with Crippen molar-refractivity contribution in [1.82, 2.24) is 0 Å². The summed E-state index contributed by atoms with van der Waals surface area (Å²) in [4.78, 5) is 0. The molecular weight excluding hydrogens is 559 g/mol. The molecule has 2 unspecified atom stereocenters. The maximum atomic E-state index is 2.82. The molecule has 0 aromatic heterocycles. The Bertz CT molecular complexity index is 1130. The summed E-state index contributed by atoms with van der Waals surface area (Å²) in [6, 6.07) is 28.9. The normalized spacial score (nSPS) is 25.9. The van der Waals surface area contributed by atoms with Crippen molar-refractivity contribution in [2.24, 2.45) is 0 Å². The molecule has 0 nitrogen and oxygen atoms in total. The number of hydrogen-bond acceptors (Lipinski definition) is 0. The second-order valence-corrected chi connectivity index (χ2v) is 29.2. The molecule has 3 saturated heterocycles. The zero-order chi connectivity index (χ0) is 23.7. The summed E-state index contributed by atoms with van der Waals surface area (Å²) in [6.07, 6.45) is 11.5. The van der Waals surface area contributed by atoms with E-state index in [2.05, 4.69) is 82.3 Å². The summed E-state index contributed by atoms with van der Waals surface area (Å²) in [5.74, 6) is 0. The van der Waals surface area contributed by atoms with Gasteiger partial charge < -0.3 is 24.8 Å². The van der Waals surface area contributed by atoms with E-state index in [1.165, 1.54) is 25.7 Å². The van der Waals surface area contributed by atoms with Crippen LogP contribution in [0.5, 0.6) is 0 Å². The van der Waals surface area contributed by atoms with Gasteiger partial charge in [0.25, 0.3) is 0 Å². The minimum Gasteiger partial charge on any atom is -1.00 e. The first-order chi connectivity index (χ1) is 17.2. The van der Waals surface area contributed by atoms with Crippen LogP contribution in [-0.2, 0) is 16.6 Å². The Hall–Kier alpha value is -0.352. The molecule has 0 bridgehead atoms. The fourth-order valence-corrected chi connectivity index (χ4v) is 32.9. The number of rotatable bonds is 8. The monoisotopic (exact) mass is 600 g/mol. The second kappa shape index (κ2) is 10.6. The third-order valence-corrected chi connectivity index (χ3v) is 31.3. The van der Waals surface area contributed by atoms with Crippen LogP contribution in [0.15, 0.2) is 56.3 Å². The van der Waals surface area contributed by atoms with E-state index in [9.17, 15) is 0 Å². The van der Waals surface area contributed by atoms with Crippen molar-refractivity contribution in [2.75, 3.05) is 0 Å². The van der Waals surface area contributed by atoms with E-state index < -0.39 is 32.7 Å². The van der Waals surface area contributed by atoms with Gasteiger partial charge in [0.05, 0.1) is 0 Å². The van der Waals surface area contributed by atoms with Crippen molar-refractivity contribution >= 4 is 28.3 Å². The van der Waals surface area contributed by atoms with Crippen LogP contribution in [0.3, 0.4) is 0 Å². The Morgan fingerprint density at radius 3 is 1.38 bits per heavy atom. The van der Waals surface area contributed by atoms with Crippen molar-refractivity contribution in [3.63, 3.8) is 0 Å². The van der Waals surface area contributed by atoms with E-state index in [0.29, 0.717) is 0 Å². The van der Waals surface area contributed by atoms with Crippen LogP contribution in [0.25, 0.3) is 12.2 Å². The van der Waals surface area contributed by atoms with Crippen molar-refractivity contribution < 1.29 is 41.4 Å². The van der Waals surface area contributed by atoms with Gasteiger partial charge >= 0.3 is 220 Å². The predicted octanol–water partition coefficient (Wildman–Crippen LogP) is 3.88. The Kier molecular flexibility index (Phi) is 8.05. The van der Waals surface area contributed by atoms with Gasteiger partial charge in [0, 0.05) is 0 Å². The van der Waals surface area contributed by atoms with Crippen molar-refractivity contribution in [2.45, 2.75) is 96.3 Å². The summed E-state index contributed by atoms with van der Waals surface area (Å²) in [5, 5.41) is 0. The van der Waals surface area contributed by atoms with Gasteiger partial charge in [0.15, 0.2) is 0 Å². The van der Waals surface area contributed by atoms with Gasteiger partial charge in [-0.3, -0.25) is 0 Å². The molecule has 2 aromatic rings. The Morgan fingerprint density at radius 1 is 0.649 bits per heavy atom. The number of fused-ring (bicyclic) bond motifs is 2. The zero-order valence-electron chi connectivity index (χ0n) is 22.7. The summed E-state index contributed by atoms with van der Waals surface area (Å²) >= 11 is -2.24. The zero-order valence-corrected chi connectivity index (χ0v) is 27.7. The Labute approximate surface area is 243 Å². The third-order valence-electron chi connectivity index (χ3n) is 11.1. The van der Waals surface area contributed by atoms with E-state index in [0.717, 1.165) is 11.1 Å². The molecule has 7 rings (SSSR count). The SMILES string of the molecule is CCC[Si]1(C2[C]([Ti+2]3([C]4=Cc5ccccc5C4[Si]4(CCC)CCC4)[CH2][CH2]3)=Cc3ccccc32)CCC1.[Cl-].[Cl-]. The number of hydrogen-bond donors (Lipinski definition) is 0. The first-order valence-corrected chi connectivity index (χ1v) is 24.0. The first-order valence-electron chi connectivity index (χ1n) is 14.8. The molecule has 0 amide bonds. The van der Waals surface area contributed by atoms with Crippen LogP contribution >= 0.6 is 0 Å². The molecule has 2 atom stereocenters. The third kappa shape index (κ3) is 4.15. The largest absolute Gasteiger partial charge is 1.00 e. The molecule has 5 heteroatoms. The number of benzene rings is 2. The maximum absolute atomic E-state index is 2.82. The summed E-state index contributed by atoms with van der Waals surface area (Å²) in [6.45, 7) is 4.93. The molecule has 0 spiro atoms. The average Bonchev–Trinajstić information content (AvgIpc) is 3.39.